The van der Waals surface area contributed by atoms with Crippen LogP contribution in [0.2, 0.25) is 0 Å². The van der Waals surface area contributed by atoms with Crippen molar-refractivity contribution in [3.8, 4) is 11.1 Å². The Kier molecular flexibility index (Phi) is 6.71. The highest BCUT2D eigenvalue weighted by Gasteiger charge is 2.51. The van der Waals surface area contributed by atoms with Crippen molar-refractivity contribution in [1.29, 1.82) is 0 Å². The first-order valence-corrected chi connectivity index (χ1v) is 10.4. The Labute approximate surface area is 190 Å². The monoisotopic (exact) mass is 460 g/mol. The number of carbonyl (C=O) groups excluding carboxylic acids is 3. The van der Waals surface area contributed by atoms with Crippen LogP contribution in [0.3, 0.4) is 0 Å². The van der Waals surface area contributed by atoms with E-state index in [0.29, 0.717) is 12.8 Å². The fraction of sp³-hybridized carbons (Fsp3) is 0.375. The van der Waals surface area contributed by atoms with E-state index in [9.17, 15) is 23.2 Å². The van der Waals surface area contributed by atoms with Crippen molar-refractivity contribution in [3.63, 3.8) is 0 Å². The second-order valence-electron chi connectivity index (χ2n) is 8.85. The van der Waals surface area contributed by atoms with Crippen molar-refractivity contribution in [2.45, 2.75) is 51.3 Å². The lowest BCUT2D eigenvalue weighted by Gasteiger charge is -2.23. The van der Waals surface area contributed by atoms with Crippen molar-refractivity contribution in [3.05, 3.63) is 59.2 Å². The number of nitrogens with one attached hydrogen (secondary N) is 2. The molecule has 7 nitrogen and oxygen atoms in total. The minimum Gasteiger partial charge on any atom is -0.465 e. The Morgan fingerprint density at radius 1 is 1.06 bits per heavy atom. The molecular weight excluding hydrogens is 434 g/mol. The van der Waals surface area contributed by atoms with Gasteiger partial charge in [0.25, 0.3) is 0 Å². The number of methoxy groups -OCH3 is 1. The lowest BCUT2D eigenvalue weighted by atomic mass is 9.98. The molecule has 2 aromatic carbocycles. The van der Waals surface area contributed by atoms with Crippen LogP contribution in [0.15, 0.2) is 36.4 Å². The van der Waals surface area contributed by atoms with Crippen LogP contribution in [-0.2, 0) is 20.8 Å². The zero-order valence-corrected chi connectivity index (χ0v) is 18.9. The summed E-state index contributed by atoms with van der Waals surface area (Å²) in [6.45, 7) is 5.04. The molecule has 0 radical (unpaired) electrons. The molecular formula is C24H26F2N2O5. The third-order valence-electron chi connectivity index (χ3n) is 5.13. The van der Waals surface area contributed by atoms with Gasteiger partial charge in [-0.1, -0.05) is 24.3 Å². The average Bonchev–Trinajstić information content (AvgIpc) is 3.51. The summed E-state index contributed by atoms with van der Waals surface area (Å²) in [6.07, 6.45) is 0.215. The predicted octanol–water partition coefficient (Wildman–Crippen LogP) is 4.09. The summed E-state index contributed by atoms with van der Waals surface area (Å²) in [4.78, 5) is 36.6. The molecule has 2 aromatic rings. The highest BCUT2D eigenvalue weighted by molar-refractivity contribution is 5.97. The molecule has 2 amide bonds. The van der Waals surface area contributed by atoms with Crippen molar-refractivity contribution in [2.24, 2.45) is 0 Å². The quantitative estimate of drug-likeness (QED) is 0.634. The van der Waals surface area contributed by atoms with Gasteiger partial charge in [-0.2, -0.15) is 0 Å². The van der Waals surface area contributed by atoms with Gasteiger partial charge in [0, 0.05) is 12.1 Å². The van der Waals surface area contributed by atoms with Crippen LogP contribution in [-0.4, -0.2) is 36.2 Å². The number of esters is 1. The maximum Gasteiger partial charge on any atom is 0.408 e. The van der Waals surface area contributed by atoms with Crippen molar-refractivity contribution < 1.29 is 32.6 Å². The van der Waals surface area contributed by atoms with Gasteiger partial charge in [-0.15, -0.1) is 0 Å². The summed E-state index contributed by atoms with van der Waals surface area (Å²) < 4.78 is 38.8. The summed E-state index contributed by atoms with van der Waals surface area (Å²) >= 11 is 0. The Morgan fingerprint density at radius 2 is 1.76 bits per heavy atom. The Bertz CT molecular complexity index is 1090. The number of rotatable bonds is 6. The standard InChI is InChI=1S/C24H26F2N2O5/c1-23(2,3)33-22(31)28-24(10-11-24)21(30)27-13-15-9-8-14(12-18(15)26)16-6-5-7-17(25)19(16)20(29)32-4/h5-9,12H,10-11,13H2,1-4H3,(H,27,30)(H,28,31). The van der Waals surface area contributed by atoms with Gasteiger partial charge in [0.2, 0.25) is 5.91 Å². The Hall–Kier alpha value is -3.49. The third-order valence-corrected chi connectivity index (χ3v) is 5.13. The van der Waals surface area contributed by atoms with Gasteiger partial charge in [-0.05, 0) is 56.9 Å². The molecule has 33 heavy (non-hydrogen) atoms. The maximum atomic E-state index is 14.8. The predicted molar refractivity (Wildman–Crippen MR) is 116 cm³/mol. The number of halogens is 2. The summed E-state index contributed by atoms with van der Waals surface area (Å²) in [6, 6.07) is 8.15. The van der Waals surface area contributed by atoms with Crippen LogP contribution in [0.4, 0.5) is 13.6 Å². The normalized spacial score (nSPS) is 14.2. The molecule has 9 heteroatoms. The summed E-state index contributed by atoms with van der Waals surface area (Å²) in [7, 11) is 1.13. The molecule has 0 aromatic heterocycles. The van der Waals surface area contributed by atoms with E-state index < -0.39 is 40.7 Å². The lowest BCUT2D eigenvalue weighted by molar-refractivity contribution is -0.124. The highest BCUT2D eigenvalue weighted by atomic mass is 19.1. The van der Waals surface area contributed by atoms with E-state index in [-0.39, 0.29) is 28.8 Å². The first-order chi connectivity index (χ1) is 15.5. The second-order valence-corrected chi connectivity index (χ2v) is 8.85. The first kappa shape index (κ1) is 24.2. The topological polar surface area (TPSA) is 93.7 Å². The molecule has 0 saturated heterocycles. The van der Waals surface area contributed by atoms with Gasteiger partial charge in [-0.3, -0.25) is 4.79 Å². The molecule has 0 aliphatic heterocycles. The summed E-state index contributed by atoms with van der Waals surface area (Å²) in [5.74, 6) is -2.72. The number of amides is 2. The fourth-order valence-corrected chi connectivity index (χ4v) is 3.31. The summed E-state index contributed by atoms with van der Waals surface area (Å²) in [5, 5.41) is 5.22. The van der Waals surface area contributed by atoms with Crippen LogP contribution in [0.25, 0.3) is 11.1 Å². The largest absolute Gasteiger partial charge is 0.465 e. The molecule has 176 valence electrons. The number of alkyl carbamates (subject to hydrolysis) is 1. The zero-order chi connectivity index (χ0) is 24.4. The fourth-order valence-electron chi connectivity index (χ4n) is 3.31. The van der Waals surface area contributed by atoms with Gasteiger partial charge in [0.05, 0.1) is 7.11 Å². The smallest absolute Gasteiger partial charge is 0.408 e. The molecule has 3 rings (SSSR count). The van der Waals surface area contributed by atoms with Gasteiger partial charge in [0.15, 0.2) is 0 Å². The number of carbonyl (C=O) groups is 3. The van der Waals surface area contributed by atoms with E-state index in [2.05, 4.69) is 15.4 Å². The van der Waals surface area contributed by atoms with E-state index in [0.717, 1.165) is 19.2 Å². The van der Waals surface area contributed by atoms with E-state index in [1.807, 2.05) is 0 Å². The molecule has 1 saturated carbocycles. The van der Waals surface area contributed by atoms with Gasteiger partial charge in [0.1, 0.15) is 28.3 Å². The van der Waals surface area contributed by atoms with E-state index >= 15 is 0 Å². The molecule has 2 N–H and O–H groups in total. The van der Waals surface area contributed by atoms with Gasteiger partial charge in [-0.25, -0.2) is 18.4 Å². The van der Waals surface area contributed by atoms with Crippen LogP contribution in [0, 0.1) is 11.6 Å². The molecule has 1 fully saturated rings. The summed E-state index contributed by atoms with van der Waals surface area (Å²) in [5.41, 5.74) is -1.38. The molecule has 0 unspecified atom stereocenters. The first-order valence-electron chi connectivity index (χ1n) is 10.4. The van der Waals surface area contributed by atoms with Crippen LogP contribution in [0.5, 0.6) is 0 Å². The number of hydrogen-bond acceptors (Lipinski definition) is 5. The lowest BCUT2D eigenvalue weighted by Crippen LogP contribution is -2.50. The van der Waals surface area contributed by atoms with Crippen LogP contribution < -0.4 is 10.6 Å². The van der Waals surface area contributed by atoms with Crippen LogP contribution in [0.1, 0.15) is 49.5 Å². The third kappa shape index (κ3) is 5.66. The molecule has 0 heterocycles. The van der Waals surface area contributed by atoms with E-state index in [1.165, 1.54) is 24.3 Å². The van der Waals surface area contributed by atoms with Crippen LogP contribution >= 0.6 is 0 Å². The molecule has 1 aliphatic rings. The average molecular weight is 460 g/mol. The molecule has 0 atom stereocenters. The zero-order valence-electron chi connectivity index (χ0n) is 18.9. The SMILES string of the molecule is COC(=O)c1c(F)cccc1-c1ccc(CNC(=O)C2(NC(=O)OC(C)(C)C)CC2)c(F)c1. The van der Waals surface area contributed by atoms with Crippen molar-refractivity contribution in [1.82, 2.24) is 10.6 Å². The Balaban J connectivity index is 1.70. The molecule has 0 spiro atoms. The highest BCUT2D eigenvalue weighted by Crippen LogP contribution is 2.36. The van der Waals surface area contributed by atoms with E-state index in [4.69, 9.17) is 4.74 Å². The van der Waals surface area contributed by atoms with Gasteiger partial charge >= 0.3 is 12.1 Å². The molecule has 0 bridgehead atoms. The maximum absolute atomic E-state index is 14.8. The second kappa shape index (κ2) is 9.17. The minimum absolute atomic E-state index is 0.115. The Morgan fingerprint density at radius 3 is 2.33 bits per heavy atom. The number of benzene rings is 2. The minimum atomic E-state index is -1.06. The number of ether oxygens (including phenoxy) is 2. The van der Waals surface area contributed by atoms with Crippen molar-refractivity contribution >= 4 is 18.0 Å². The van der Waals surface area contributed by atoms with Gasteiger partial charge < -0.3 is 20.1 Å². The van der Waals surface area contributed by atoms with E-state index in [1.54, 1.807) is 20.8 Å². The number of hydrogen-bond donors (Lipinski definition) is 2. The molecule has 1 aliphatic carbocycles. The van der Waals surface area contributed by atoms with Crippen molar-refractivity contribution in [2.75, 3.05) is 7.11 Å².